The van der Waals surface area contributed by atoms with Crippen molar-refractivity contribution >= 4 is 35.2 Å². The Morgan fingerprint density at radius 1 is 1.13 bits per heavy atom. The average molecular weight is 430 g/mol. The van der Waals surface area contributed by atoms with Crippen LogP contribution in [0.15, 0.2) is 48.5 Å². The van der Waals surface area contributed by atoms with Gasteiger partial charge in [0.25, 0.3) is 5.91 Å². The molecule has 2 rings (SSSR count). The quantitative estimate of drug-likeness (QED) is 0.461. The van der Waals surface area contributed by atoms with E-state index in [0.29, 0.717) is 35.4 Å². The molecule has 5 N–H and O–H groups in total. The number of rotatable bonds is 10. The first kappa shape index (κ1) is 23.4. The van der Waals surface area contributed by atoms with Gasteiger partial charge in [-0.15, -0.1) is 0 Å². The molecular weight excluding hydrogens is 402 g/mol. The molecule has 7 nitrogen and oxygen atoms in total. The number of carbonyl (C=O) groups excluding carboxylic acids is 2. The van der Waals surface area contributed by atoms with Crippen LogP contribution in [0, 0.1) is 0 Å². The number of hydrogen-bond acceptors (Lipinski definition) is 5. The Morgan fingerprint density at radius 3 is 2.43 bits per heavy atom. The Balaban J connectivity index is 2.37. The molecule has 0 aromatic heterocycles. The monoisotopic (exact) mass is 429 g/mol. The number of carboxylic acids is 1. The molecule has 2 aromatic rings. The van der Waals surface area contributed by atoms with Gasteiger partial charge in [-0.05, 0) is 54.2 Å². The molecule has 0 fully saturated rings. The van der Waals surface area contributed by atoms with Gasteiger partial charge in [0, 0.05) is 11.3 Å². The summed E-state index contributed by atoms with van der Waals surface area (Å²) in [6, 6.07) is 12.5. The molecule has 0 saturated heterocycles. The van der Waals surface area contributed by atoms with Crippen LogP contribution in [0.1, 0.15) is 30.1 Å². The second-order valence-corrected chi connectivity index (χ2v) is 7.76. The molecule has 2 unspecified atom stereocenters. The Morgan fingerprint density at radius 2 is 1.83 bits per heavy atom. The van der Waals surface area contributed by atoms with Gasteiger partial charge in [0.15, 0.2) is 0 Å². The Kier molecular flexibility index (Phi) is 8.89. The van der Waals surface area contributed by atoms with Gasteiger partial charge in [-0.3, -0.25) is 9.59 Å². The summed E-state index contributed by atoms with van der Waals surface area (Å²) in [6.45, 7) is 1.82. The zero-order valence-corrected chi connectivity index (χ0v) is 17.9. The molecule has 0 saturated carbocycles. The molecule has 0 aliphatic rings. The highest BCUT2D eigenvalue weighted by Gasteiger charge is 2.22. The van der Waals surface area contributed by atoms with Crippen molar-refractivity contribution in [3.63, 3.8) is 0 Å². The van der Waals surface area contributed by atoms with Crippen molar-refractivity contribution in [1.82, 2.24) is 5.32 Å². The van der Waals surface area contributed by atoms with Gasteiger partial charge in [0.1, 0.15) is 6.04 Å². The van der Waals surface area contributed by atoms with Crippen LogP contribution in [0.2, 0.25) is 0 Å². The van der Waals surface area contributed by atoms with E-state index in [9.17, 15) is 19.5 Å². The minimum absolute atomic E-state index is 0.309. The number of carbonyl (C=O) groups is 3. The fourth-order valence-electron chi connectivity index (χ4n) is 2.83. The Bertz CT molecular complexity index is 889. The first-order valence-electron chi connectivity index (χ1n) is 9.65. The van der Waals surface area contributed by atoms with Gasteiger partial charge in [0.2, 0.25) is 5.91 Å². The molecule has 8 heteroatoms. The van der Waals surface area contributed by atoms with Crippen molar-refractivity contribution in [2.75, 3.05) is 17.3 Å². The molecule has 0 spiro atoms. The van der Waals surface area contributed by atoms with E-state index in [1.54, 1.807) is 18.2 Å². The van der Waals surface area contributed by atoms with Crippen LogP contribution in [0.4, 0.5) is 5.69 Å². The number of thioether (sulfide) groups is 1. The highest BCUT2D eigenvalue weighted by Crippen LogP contribution is 2.27. The van der Waals surface area contributed by atoms with Gasteiger partial charge < -0.3 is 21.5 Å². The fraction of sp³-hybridized carbons (Fsp3) is 0.318. The Hall–Kier alpha value is -2.84. The smallest absolute Gasteiger partial charge is 0.326 e. The average Bonchev–Trinajstić information content (AvgIpc) is 2.76. The molecule has 0 bridgehead atoms. The van der Waals surface area contributed by atoms with E-state index in [0.717, 1.165) is 5.56 Å². The lowest BCUT2D eigenvalue weighted by atomic mass is 9.98. The summed E-state index contributed by atoms with van der Waals surface area (Å²) < 4.78 is 0. The van der Waals surface area contributed by atoms with Crippen molar-refractivity contribution < 1.29 is 19.5 Å². The van der Waals surface area contributed by atoms with E-state index >= 15 is 0 Å². The molecule has 160 valence electrons. The van der Waals surface area contributed by atoms with Crippen LogP contribution >= 0.6 is 11.8 Å². The van der Waals surface area contributed by atoms with E-state index in [1.807, 2.05) is 43.5 Å². The van der Waals surface area contributed by atoms with Gasteiger partial charge in [-0.2, -0.15) is 11.8 Å². The molecule has 2 amide bonds. The minimum Gasteiger partial charge on any atom is -0.480 e. The zero-order chi connectivity index (χ0) is 22.1. The predicted molar refractivity (Wildman–Crippen MR) is 121 cm³/mol. The number of nitrogens with two attached hydrogens (primary N) is 1. The van der Waals surface area contributed by atoms with E-state index in [-0.39, 0.29) is 5.91 Å². The lowest BCUT2D eigenvalue weighted by Gasteiger charge is -2.17. The highest BCUT2D eigenvalue weighted by molar-refractivity contribution is 7.98. The molecular formula is C22H27N3O4S. The normalized spacial score (nSPS) is 12.6. The number of aliphatic carboxylic acids is 1. The van der Waals surface area contributed by atoms with Crippen LogP contribution < -0.4 is 16.4 Å². The molecule has 0 aliphatic carbocycles. The van der Waals surface area contributed by atoms with E-state index in [2.05, 4.69) is 10.6 Å². The summed E-state index contributed by atoms with van der Waals surface area (Å²) in [5, 5.41) is 14.8. The van der Waals surface area contributed by atoms with Crippen LogP contribution in [0.25, 0.3) is 11.1 Å². The van der Waals surface area contributed by atoms with E-state index in [4.69, 9.17) is 5.73 Å². The van der Waals surface area contributed by atoms with Crippen molar-refractivity contribution in [2.45, 2.75) is 31.8 Å². The fourth-order valence-corrected chi connectivity index (χ4v) is 3.30. The van der Waals surface area contributed by atoms with Gasteiger partial charge in [-0.1, -0.05) is 37.3 Å². The maximum Gasteiger partial charge on any atom is 0.326 e. The second-order valence-electron chi connectivity index (χ2n) is 6.78. The third-order valence-corrected chi connectivity index (χ3v) is 5.25. The number of anilines is 1. The molecule has 2 atom stereocenters. The largest absolute Gasteiger partial charge is 0.480 e. The first-order chi connectivity index (χ1) is 14.4. The second kappa shape index (κ2) is 11.4. The van der Waals surface area contributed by atoms with Crippen LogP contribution in [-0.2, 0) is 9.59 Å². The Labute approximate surface area is 180 Å². The number of amides is 2. The summed E-state index contributed by atoms with van der Waals surface area (Å²) in [7, 11) is 0. The van der Waals surface area contributed by atoms with Crippen LogP contribution in [0.5, 0.6) is 0 Å². The number of hydrogen-bond donors (Lipinski definition) is 4. The summed E-state index contributed by atoms with van der Waals surface area (Å²) in [6.07, 6.45) is 2.71. The summed E-state index contributed by atoms with van der Waals surface area (Å²) in [4.78, 5) is 36.6. The van der Waals surface area contributed by atoms with E-state index < -0.39 is 24.0 Å². The predicted octanol–water partition coefficient (Wildman–Crippen LogP) is 2.97. The maximum absolute atomic E-state index is 12.9. The van der Waals surface area contributed by atoms with Gasteiger partial charge in [-0.25, -0.2) is 4.79 Å². The number of carboxylic acid groups (broad SMARTS) is 1. The standard InChI is InChI=1S/C22H27N3O4S/c1-3-18(23)21(27)24-15-9-10-16(17(13-15)14-7-5-4-6-8-14)20(26)25-19(22(28)29)11-12-30-2/h4-10,13,18-19H,3,11-12,23H2,1-2H3,(H,24,27)(H,25,26)(H,28,29). The topological polar surface area (TPSA) is 122 Å². The number of benzene rings is 2. The molecule has 2 aromatic carbocycles. The SMILES string of the molecule is CCC(N)C(=O)Nc1ccc(C(=O)NC(CCSC)C(=O)O)c(-c2ccccc2)c1. The summed E-state index contributed by atoms with van der Waals surface area (Å²) in [5.74, 6) is -1.25. The van der Waals surface area contributed by atoms with Gasteiger partial charge in [0.05, 0.1) is 6.04 Å². The third-order valence-electron chi connectivity index (χ3n) is 4.61. The minimum atomic E-state index is -1.07. The summed E-state index contributed by atoms with van der Waals surface area (Å²) in [5.41, 5.74) is 7.98. The van der Waals surface area contributed by atoms with Crippen molar-refractivity contribution in [2.24, 2.45) is 5.73 Å². The molecule has 0 radical (unpaired) electrons. The van der Waals surface area contributed by atoms with Gasteiger partial charge >= 0.3 is 5.97 Å². The molecule has 0 heterocycles. The van der Waals surface area contributed by atoms with E-state index in [1.165, 1.54) is 11.8 Å². The first-order valence-corrected chi connectivity index (χ1v) is 11.0. The number of nitrogens with one attached hydrogen (secondary N) is 2. The van der Waals surface area contributed by atoms with Crippen LogP contribution in [0.3, 0.4) is 0 Å². The lowest BCUT2D eigenvalue weighted by molar-refractivity contribution is -0.139. The lowest BCUT2D eigenvalue weighted by Crippen LogP contribution is -2.41. The van der Waals surface area contributed by atoms with Crippen molar-refractivity contribution in [1.29, 1.82) is 0 Å². The zero-order valence-electron chi connectivity index (χ0n) is 17.1. The maximum atomic E-state index is 12.9. The molecule has 0 aliphatic heterocycles. The van der Waals surface area contributed by atoms with Crippen molar-refractivity contribution in [3.8, 4) is 11.1 Å². The van der Waals surface area contributed by atoms with Crippen molar-refractivity contribution in [3.05, 3.63) is 54.1 Å². The molecule has 30 heavy (non-hydrogen) atoms. The van der Waals surface area contributed by atoms with Crippen LogP contribution in [-0.4, -0.2) is 47.0 Å². The highest BCUT2D eigenvalue weighted by atomic mass is 32.2. The summed E-state index contributed by atoms with van der Waals surface area (Å²) >= 11 is 1.52. The third kappa shape index (κ3) is 6.33.